The Labute approximate surface area is 164 Å². The molecule has 1 fully saturated rings. The van der Waals surface area contributed by atoms with Gasteiger partial charge >= 0.3 is 0 Å². The van der Waals surface area contributed by atoms with E-state index in [0.29, 0.717) is 16.4 Å². The van der Waals surface area contributed by atoms with E-state index in [0.717, 1.165) is 31.2 Å². The van der Waals surface area contributed by atoms with Crippen LogP contribution in [0, 0.1) is 5.92 Å². The van der Waals surface area contributed by atoms with Gasteiger partial charge in [-0.05, 0) is 37.4 Å². The Morgan fingerprint density at radius 3 is 2.88 bits per heavy atom. The van der Waals surface area contributed by atoms with Gasteiger partial charge in [-0.1, -0.05) is 19.1 Å². The van der Waals surface area contributed by atoms with Crippen molar-refractivity contribution in [3.63, 3.8) is 0 Å². The molecule has 3 N–H and O–H groups in total. The minimum absolute atomic E-state index is 0. The average Bonchev–Trinajstić information content (AvgIpc) is 2.94. The fraction of sp³-hybridized carbons (Fsp3) is 0.412. The molecule has 0 radical (unpaired) electrons. The lowest BCUT2D eigenvalue weighted by Crippen LogP contribution is -2.33. The minimum atomic E-state index is -0.212. The van der Waals surface area contributed by atoms with Gasteiger partial charge in [0.25, 0.3) is 5.91 Å². The average molecular weight is 403 g/mol. The van der Waals surface area contributed by atoms with Gasteiger partial charge in [-0.15, -0.1) is 36.2 Å². The SMILES string of the molecule is CC1CCCN(Cc2csc(NC(=O)c3ccccc3N)n2)C1.Cl.Cl. The number of aromatic nitrogens is 1. The lowest BCUT2D eigenvalue weighted by molar-refractivity contribution is 0.102. The summed E-state index contributed by atoms with van der Waals surface area (Å²) in [4.78, 5) is 19.2. The van der Waals surface area contributed by atoms with E-state index in [1.54, 1.807) is 18.2 Å². The molecule has 2 heterocycles. The molecule has 1 aromatic heterocycles. The third-order valence-electron chi connectivity index (χ3n) is 4.10. The molecule has 0 spiro atoms. The van der Waals surface area contributed by atoms with Crippen molar-refractivity contribution < 1.29 is 4.79 Å². The molecule has 1 saturated heterocycles. The van der Waals surface area contributed by atoms with E-state index < -0.39 is 0 Å². The molecule has 0 saturated carbocycles. The first-order chi connectivity index (χ1) is 11.1. The molecule has 0 bridgehead atoms. The first kappa shape index (κ1) is 21.7. The molecule has 5 nitrogen and oxygen atoms in total. The molecule has 1 aliphatic heterocycles. The zero-order valence-corrected chi connectivity index (χ0v) is 16.6. The Morgan fingerprint density at radius 2 is 2.16 bits per heavy atom. The molecule has 138 valence electrons. The number of benzene rings is 1. The van der Waals surface area contributed by atoms with Crippen molar-refractivity contribution in [2.45, 2.75) is 26.3 Å². The second-order valence-electron chi connectivity index (χ2n) is 6.17. The maximum absolute atomic E-state index is 12.2. The van der Waals surface area contributed by atoms with Crippen molar-refractivity contribution in [2.24, 2.45) is 5.92 Å². The van der Waals surface area contributed by atoms with Gasteiger partial charge in [0.2, 0.25) is 0 Å². The minimum Gasteiger partial charge on any atom is -0.398 e. The molecule has 0 aliphatic carbocycles. The normalized spacial score (nSPS) is 17.2. The summed E-state index contributed by atoms with van der Waals surface area (Å²) >= 11 is 1.46. The fourth-order valence-corrected chi connectivity index (χ4v) is 3.66. The number of nitrogens with one attached hydrogen (secondary N) is 1. The largest absolute Gasteiger partial charge is 0.398 e. The summed E-state index contributed by atoms with van der Waals surface area (Å²) in [7, 11) is 0. The fourth-order valence-electron chi connectivity index (χ4n) is 2.96. The number of thiazole rings is 1. The molecular formula is C17H24Cl2N4OS. The number of para-hydroxylation sites is 1. The van der Waals surface area contributed by atoms with E-state index in [-0.39, 0.29) is 30.7 Å². The highest BCUT2D eigenvalue weighted by molar-refractivity contribution is 7.14. The first-order valence-electron chi connectivity index (χ1n) is 7.94. The van der Waals surface area contributed by atoms with Crippen LogP contribution in [0.15, 0.2) is 29.6 Å². The van der Waals surface area contributed by atoms with Gasteiger partial charge < -0.3 is 5.73 Å². The van der Waals surface area contributed by atoms with E-state index in [1.165, 1.54) is 24.2 Å². The first-order valence-corrected chi connectivity index (χ1v) is 8.82. The number of likely N-dealkylation sites (tertiary alicyclic amines) is 1. The smallest absolute Gasteiger partial charge is 0.259 e. The molecule has 2 aromatic rings. The monoisotopic (exact) mass is 402 g/mol. The van der Waals surface area contributed by atoms with Gasteiger partial charge in [0.05, 0.1) is 11.3 Å². The predicted molar refractivity (Wildman–Crippen MR) is 109 cm³/mol. The zero-order chi connectivity index (χ0) is 16.2. The highest BCUT2D eigenvalue weighted by Crippen LogP contribution is 2.22. The number of nitrogens with two attached hydrogens (primary N) is 1. The number of amides is 1. The zero-order valence-electron chi connectivity index (χ0n) is 14.1. The molecule has 1 amide bonds. The van der Waals surface area contributed by atoms with Crippen molar-refractivity contribution in [3.05, 3.63) is 40.9 Å². The van der Waals surface area contributed by atoms with E-state index >= 15 is 0 Å². The van der Waals surface area contributed by atoms with Crippen LogP contribution in [0.25, 0.3) is 0 Å². The summed E-state index contributed by atoms with van der Waals surface area (Å²) in [5, 5.41) is 5.48. The molecule has 1 unspecified atom stereocenters. The van der Waals surface area contributed by atoms with Gasteiger partial charge in [-0.3, -0.25) is 15.0 Å². The quantitative estimate of drug-likeness (QED) is 0.756. The van der Waals surface area contributed by atoms with Crippen molar-refractivity contribution >= 4 is 52.9 Å². The van der Waals surface area contributed by atoms with Gasteiger partial charge in [0.15, 0.2) is 5.13 Å². The number of carbonyl (C=O) groups excluding carboxylic acids is 1. The van der Waals surface area contributed by atoms with Crippen molar-refractivity contribution in [1.29, 1.82) is 0 Å². The standard InChI is InChI=1S/C17H22N4OS.2ClH/c1-12-5-4-8-21(9-12)10-13-11-23-17(19-13)20-16(22)14-6-2-3-7-15(14)18;;/h2-3,6-7,11-12H,4-5,8-10,18H2,1H3,(H,19,20,22);2*1H. The van der Waals surface area contributed by atoms with Gasteiger partial charge in [-0.25, -0.2) is 4.98 Å². The second kappa shape index (κ2) is 9.97. The maximum Gasteiger partial charge on any atom is 0.259 e. The van der Waals surface area contributed by atoms with Gasteiger partial charge in [0.1, 0.15) is 0 Å². The third kappa shape index (κ3) is 5.85. The van der Waals surface area contributed by atoms with Crippen LogP contribution in [0.5, 0.6) is 0 Å². The predicted octanol–water partition coefficient (Wildman–Crippen LogP) is 4.05. The number of hydrogen-bond acceptors (Lipinski definition) is 5. The number of anilines is 2. The Bertz CT molecular complexity index is 695. The van der Waals surface area contributed by atoms with E-state index in [4.69, 9.17) is 5.73 Å². The van der Waals surface area contributed by atoms with Crippen molar-refractivity contribution in [3.8, 4) is 0 Å². The van der Waals surface area contributed by atoms with Crippen LogP contribution in [-0.4, -0.2) is 28.9 Å². The number of nitrogens with zero attached hydrogens (tertiary/aromatic N) is 2. The number of nitrogen functional groups attached to an aromatic ring is 1. The summed E-state index contributed by atoms with van der Waals surface area (Å²) < 4.78 is 0. The van der Waals surface area contributed by atoms with E-state index in [2.05, 4.69) is 22.1 Å². The highest BCUT2D eigenvalue weighted by Gasteiger charge is 2.18. The summed E-state index contributed by atoms with van der Waals surface area (Å²) in [6.07, 6.45) is 2.57. The molecular weight excluding hydrogens is 379 g/mol. The van der Waals surface area contributed by atoms with Crippen LogP contribution < -0.4 is 11.1 Å². The molecule has 1 aromatic carbocycles. The van der Waals surface area contributed by atoms with Gasteiger partial charge in [0, 0.05) is 24.2 Å². The Hall–Kier alpha value is -1.34. The molecule has 3 rings (SSSR count). The van der Waals surface area contributed by atoms with Crippen LogP contribution in [-0.2, 0) is 6.54 Å². The van der Waals surface area contributed by atoms with Crippen molar-refractivity contribution in [1.82, 2.24) is 9.88 Å². The van der Waals surface area contributed by atoms with Crippen LogP contribution >= 0.6 is 36.2 Å². The number of hydrogen-bond donors (Lipinski definition) is 2. The lowest BCUT2D eigenvalue weighted by atomic mass is 10.0. The summed E-state index contributed by atoms with van der Waals surface area (Å²) in [6, 6.07) is 7.05. The van der Waals surface area contributed by atoms with E-state index in [9.17, 15) is 4.79 Å². The van der Waals surface area contributed by atoms with Gasteiger partial charge in [-0.2, -0.15) is 0 Å². The maximum atomic E-state index is 12.2. The Morgan fingerprint density at radius 1 is 1.40 bits per heavy atom. The number of halogens is 2. The van der Waals surface area contributed by atoms with Crippen molar-refractivity contribution in [2.75, 3.05) is 24.1 Å². The van der Waals surface area contributed by atoms with Crippen LogP contribution in [0.1, 0.15) is 35.8 Å². The lowest BCUT2D eigenvalue weighted by Gasteiger charge is -2.30. The topological polar surface area (TPSA) is 71.2 Å². The number of piperidine rings is 1. The van der Waals surface area contributed by atoms with E-state index in [1.807, 2.05) is 11.4 Å². The van der Waals surface area contributed by atoms with Crippen LogP contribution in [0.4, 0.5) is 10.8 Å². The molecule has 8 heteroatoms. The van der Waals surface area contributed by atoms with Crippen LogP contribution in [0.3, 0.4) is 0 Å². The number of carbonyl (C=O) groups is 1. The Balaban J connectivity index is 0.00000156. The summed E-state index contributed by atoms with van der Waals surface area (Å²) in [5.41, 5.74) is 7.80. The molecule has 1 aliphatic rings. The summed E-state index contributed by atoms with van der Waals surface area (Å²) in [6.45, 7) is 5.40. The second-order valence-corrected chi connectivity index (χ2v) is 7.03. The molecule has 1 atom stereocenters. The Kier molecular flexibility index (Phi) is 8.65. The number of rotatable bonds is 4. The molecule has 25 heavy (non-hydrogen) atoms. The summed E-state index contributed by atoms with van der Waals surface area (Å²) in [5.74, 6) is 0.540. The van der Waals surface area contributed by atoms with Crippen LogP contribution in [0.2, 0.25) is 0 Å². The highest BCUT2D eigenvalue weighted by atomic mass is 35.5. The third-order valence-corrected chi connectivity index (χ3v) is 4.91.